The Kier molecular flexibility index (Phi) is 6.49. The smallest absolute Gasteiger partial charge is 0.325 e. The van der Waals surface area contributed by atoms with Gasteiger partial charge in [-0.1, -0.05) is 32.9 Å². The van der Waals surface area contributed by atoms with Crippen molar-refractivity contribution in [1.29, 1.82) is 0 Å². The Labute approximate surface area is 139 Å². The van der Waals surface area contributed by atoms with Gasteiger partial charge in [0.2, 0.25) is 5.91 Å². The van der Waals surface area contributed by atoms with Crippen molar-refractivity contribution in [3.05, 3.63) is 45.5 Å². The summed E-state index contributed by atoms with van der Waals surface area (Å²) in [4.78, 5) is 36.9. The summed E-state index contributed by atoms with van der Waals surface area (Å²) < 4.78 is 0. The van der Waals surface area contributed by atoms with E-state index in [2.05, 4.69) is 10.1 Å². The van der Waals surface area contributed by atoms with Gasteiger partial charge in [0.25, 0.3) is 11.5 Å². The van der Waals surface area contributed by atoms with Crippen molar-refractivity contribution < 1.29 is 19.3 Å². The zero-order chi connectivity index (χ0) is 18.3. The zero-order valence-electron chi connectivity index (χ0n) is 13.9. The molecule has 1 atom stereocenters. The molecule has 0 aromatic heterocycles. The van der Waals surface area contributed by atoms with Crippen LogP contribution in [0.3, 0.4) is 0 Å². The zero-order valence-corrected chi connectivity index (χ0v) is 13.9. The number of ketones is 1. The first-order valence-electron chi connectivity index (χ1n) is 7.36. The lowest BCUT2D eigenvalue weighted by molar-refractivity contribution is -0.384. The van der Waals surface area contributed by atoms with Crippen molar-refractivity contribution in [1.82, 2.24) is 5.32 Å². The molecule has 1 aromatic carbocycles. The summed E-state index contributed by atoms with van der Waals surface area (Å²) in [7, 11) is 0. The van der Waals surface area contributed by atoms with Crippen LogP contribution < -0.4 is 5.32 Å². The second-order valence-electron chi connectivity index (χ2n) is 6.63. The molecule has 0 radical (unpaired) electrons. The summed E-state index contributed by atoms with van der Waals surface area (Å²) in [6.45, 7) is 5.69. The van der Waals surface area contributed by atoms with Crippen LogP contribution in [0.25, 0.3) is 5.53 Å². The topological polar surface area (TPSA) is 126 Å². The fraction of sp³-hybridized carbons (Fsp3) is 0.438. The standard InChI is InChI=1S/C16H20N4O4/c1-16(2,3)9-15(22)19-13(14(21)10-18-17)8-11-4-6-12(7-5-11)20(23)24/h4-7,10,13H,8-9H2,1-3H3,(H,19,22)/t13-/m0/s1. The van der Waals surface area contributed by atoms with Crippen LogP contribution in [0.4, 0.5) is 5.69 Å². The molecule has 1 N–H and O–H groups in total. The van der Waals surface area contributed by atoms with Gasteiger partial charge in [-0.25, -0.2) is 0 Å². The van der Waals surface area contributed by atoms with Gasteiger partial charge in [0, 0.05) is 25.0 Å². The highest BCUT2D eigenvalue weighted by Gasteiger charge is 2.25. The Morgan fingerprint density at radius 3 is 2.38 bits per heavy atom. The summed E-state index contributed by atoms with van der Waals surface area (Å²) in [6, 6.07) is 4.79. The Hall–Kier alpha value is -2.86. The number of benzene rings is 1. The Morgan fingerprint density at radius 2 is 1.92 bits per heavy atom. The van der Waals surface area contributed by atoms with E-state index in [1.807, 2.05) is 20.8 Å². The van der Waals surface area contributed by atoms with Crippen LogP contribution in [0.2, 0.25) is 0 Å². The summed E-state index contributed by atoms with van der Waals surface area (Å²) >= 11 is 0. The van der Waals surface area contributed by atoms with Gasteiger partial charge in [0.05, 0.1) is 4.92 Å². The number of nitrogens with zero attached hydrogens (tertiary/aromatic N) is 3. The molecular weight excluding hydrogens is 312 g/mol. The normalized spacial score (nSPS) is 12.0. The number of amides is 1. The molecule has 1 amide bonds. The average molecular weight is 332 g/mol. The summed E-state index contributed by atoms with van der Waals surface area (Å²) in [6.07, 6.45) is 1.10. The highest BCUT2D eigenvalue weighted by Crippen LogP contribution is 2.18. The van der Waals surface area contributed by atoms with Crippen molar-refractivity contribution in [2.24, 2.45) is 5.41 Å². The van der Waals surface area contributed by atoms with Crippen LogP contribution in [0.15, 0.2) is 24.3 Å². The molecule has 0 aliphatic carbocycles. The molecule has 24 heavy (non-hydrogen) atoms. The molecule has 1 aromatic rings. The Balaban J connectivity index is 2.89. The summed E-state index contributed by atoms with van der Waals surface area (Å²) in [5.74, 6) is -0.854. The minimum atomic E-state index is -0.905. The number of non-ortho nitro benzene ring substituents is 1. The number of nitro groups is 1. The van der Waals surface area contributed by atoms with Crippen molar-refractivity contribution in [2.75, 3.05) is 0 Å². The SMILES string of the molecule is CC(C)(C)CC(=O)N[C@@H](Cc1ccc([N+](=O)[O-])cc1)C(=O)C=[N+]=[N-]. The van der Waals surface area contributed by atoms with Gasteiger partial charge in [0.15, 0.2) is 0 Å². The van der Waals surface area contributed by atoms with Gasteiger partial charge in [-0.05, 0) is 11.0 Å². The number of carbonyl (C=O) groups excluding carboxylic acids is 2. The Morgan fingerprint density at radius 1 is 1.33 bits per heavy atom. The first-order chi connectivity index (χ1) is 11.1. The van der Waals surface area contributed by atoms with Crippen LogP contribution in [0.1, 0.15) is 32.8 Å². The second-order valence-corrected chi connectivity index (χ2v) is 6.63. The molecule has 0 heterocycles. The molecule has 0 spiro atoms. The number of nitrogens with one attached hydrogen (secondary N) is 1. The molecule has 0 saturated heterocycles. The Bertz CT molecular complexity index is 670. The number of nitro benzene ring substituents is 1. The van der Waals surface area contributed by atoms with Crippen molar-refractivity contribution in [3.63, 3.8) is 0 Å². The van der Waals surface area contributed by atoms with Gasteiger partial charge in [-0.15, -0.1) is 0 Å². The van der Waals surface area contributed by atoms with E-state index in [0.717, 1.165) is 6.21 Å². The first kappa shape index (κ1) is 19.2. The molecule has 1 rings (SSSR count). The van der Waals surface area contributed by atoms with Crippen molar-refractivity contribution in [2.45, 2.75) is 39.7 Å². The van der Waals surface area contributed by atoms with E-state index < -0.39 is 16.7 Å². The second kappa shape index (κ2) is 8.12. The molecule has 8 nitrogen and oxygen atoms in total. The lowest BCUT2D eigenvalue weighted by Gasteiger charge is -2.20. The summed E-state index contributed by atoms with van der Waals surface area (Å²) in [5.41, 5.74) is 8.87. The predicted octanol–water partition coefficient (Wildman–Crippen LogP) is 1.93. The maximum Gasteiger partial charge on any atom is 0.325 e. The van der Waals surface area contributed by atoms with E-state index >= 15 is 0 Å². The number of hydrogen-bond donors (Lipinski definition) is 1. The third-order valence-corrected chi connectivity index (χ3v) is 3.14. The number of hydrogen-bond acceptors (Lipinski definition) is 4. The fourth-order valence-electron chi connectivity index (χ4n) is 2.09. The maximum atomic E-state index is 12.1. The van der Waals surface area contributed by atoms with Crippen LogP contribution >= 0.6 is 0 Å². The van der Waals surface area contributed by atoms with Gasteiger partial charge in [0.1, 0.15) is 6.04 Å². The lowest BCUT2D eigenvalue weighted by atomic mass is 9.91. The predicted molar refractivity (Wildman–Crippen MR) is 87.5 cm³/mol. The van der Waals surface area contributed by atoms with Crippen molar-refractivity contribution in [3.8, 4) is 0 Å². The van der Waals surface area contributed by atoms with Gasteiger partial charge < -0.3 is 10.8 Å². The van der Waals surface area contributed by atoms with E-state index in [-0.39, 0.29) is 29.9 Å². The van der Waals surface area contributed by atoms with Crippen molar-refractivity contribution >= 4 is 23.6 Å². The quantitative estimate of drug-likeness (QED) is 0.269. The van der Waals surface area contributed by atoms with Crippen LogP contribution in [-0.4, -0.2) is 33.7 Å². The first-order valence-corrected chi connectivity index (χ1v) is 7.36. The van der Waals surface area contributed by atoms with E-state index in [4.69, 9.17) is 5.53 Å². The number of Topliss-reactive ketones (excluding diaryl/α,β-unsaturated/α-hetero) is 1. The molecule has 0 fully saturated rings. The molecular formula is C16H20N4O4. The molecule has 128 valence electrons. The largest absolute Gasteiger partial charge is 0.361 e. The van der Waals surface area contributed by atoms with Crippen LogP contribution in [0, 0.1) is 15.5 Å². The number of carbonyl (C=O) groups is 2. The average Bonchev–Trinajstić information content (AvgIpc) is 2.45. The third kappa shape index (κ3) is 6.50. The molecule has 8 heteroatoms. The van der Waals surface area contributed by atoms with E-state index in [0.29, 0.717) is 5.56 Å². The highest BCUT2D eigenvalue weighted by molar-refractivity contribution is 6.28. The van der Waals surface area contributed by atoms with Gasteiger partial charge in [-0.2, -0.15) is 4.79 Å². The number of rotatable bonds is 7. The van der Waals surface area contributed by atoms with E-state index in [1.165, 1.54) is 24.3 Å². The van der Waals surface area contributed by atoms with Gasteiger partial charge in [-0.3, -0.25) is 19.7 Å². The molecule has 0 aliphatic heterocycles. The van der Waals surface area contributed by atoms with Gasteiger partial charge >= 0.3 is 6.21 Å². The lowest BCUT2D eigenvalue weighted by Crippen LogP contribution is -2.44. The van der Waals surface area contributed by atoms with E-state index in [9.17, 15) is 19.7 Å². The maximum absolute atomic E-state index is 12.1. The highest BCUT2D eigenvalue weighted by atomic mass is 16.6. The van der Waals surface area contributed by atoms with Crippen LogP contribution in [-0.2, 0) is 16.0 Å². The molecule has 0 bridgehead atoms. The molecule has 0 unspecified atom stereocenters. The minimum Gasteiger partial charge on any atom is -0.361 e. The third-order valence-electron chi connectivity index (χ3n) is 3.14. The van der Waals surface area contributed by atoms with Crippen LogP contribution in [0.5, 0.6) is 0 Å². The minimum absolute atomic E-state index is 0.0599. The fourth-order valence-corrected chi connectivity index (χ4v) is 2.09. The molecule has 0 saturated carbocycles. The summed E-state index contributed by atoms with van der Waals surface area (Å²) in [5, 5.41) is 13.3. The molecule has 0 aliphatic rings. The monoisotopic (exact) mass is 332 g/mol. The van der Waals surface area contributed by atoms with E-state index in [1.54, 1.807) is 0 Å².